The molecule has 23 heavy (non-hydrogen) atoms. The molecule has 1 aromatic carbocycles. The molecule has 124 valence electrons. The minimum absolute atomic E-state index is 0.0222. The molecule has 0 aromatic heterocycles. The van der Waals surface area contributed by atoms with E-state index in [0.717, 1.165) is 31.7 Å². The maximum absolute atomic E-state index is 13.6. The molecule has 6 heteroatoms. The van der Waals surface area contributed by atoms with Gasteiger partial charge in [-0.05, 0) is 18.9 Å². The summed E-state index contributed by atoms with van der Waals surface area (Å²) in [6.45, 7) is 0.359. The molecule has 0 spiro atoms. The minimum atomic E-state index is -0.942. The van der Waals surface area contributed by atoms with Gasteiger partial charge in [-0.3, -0.25) is 9.59 Å². The number of likely N-dealkylation sites (tertiary alicyclic amines) is 1. The van der Waals surface area contributed by atoms with Crippen molar-refractivity contribution in [1.82, 2.24) is 10.2 Å². The van der Waals surface area contributed by atoms with Crippen LogP contribution in [-0.2, 0) is 16.1 Å². The summed E-state index contributed by atoms with van der Waals surface area (Å²) in [7, 11) is 0. The molecular weight excluding hydrogens is 302 g/mol. The van der Waals surface area contributed by atoms with Crippen molar-refractivity contribution in [3.8, 4) is 0 Å². The molecule has 0 bridgehead atoms. The van der Waals surface area contributed by atoms with E-state index in [1.807, 2.05) is 4.90 Å². The standard InChI is InChI=1S/C17H20F2N2O2/c18-14-7-3-4-11(16(14)19)9-20-17(23)12-8-15(22)21(10-12)13-5-1-2-6-13/h3-4,7,12-13H,1-2,5-6,8-10H2,(H,20,23). The Morgan fingerprint density at radius 3 is 2.74 bits per heavy atom. The number of nitrogens with zero attached hydrogens (tertiary/aromatic N) is 1. The summed E-state index contributed by atoms with van der Waals surface area (Å²) in [5.74, 6) is -2.53. The maximum atomic E-state index is 13.6. The first-order valence-corrected chi connectivity index (χ1v) is 8.06. The highest BCUT2D eigenvalue weighted by Crippen LogP contribution is 2.29. The van der Waals surface area contributed by atoms with Crippen molar-refractivity contribution in [2.45, 2.75) is 44.7 Å². The summed E-state index contributed by atoms with van der Waals surface area (Å²) < 4.78 is 26.7. The van der Waals surface area contributed by atoms with Crippen LogP contribution in [0.1, 0.15) is 37.7 Å². The lowest BCUT2D eigenvalue weighted by Crippen LogP contribution is -2.36. The van der Waals surface area contributed by atoms with E-state index in [9.17, 15) is 18.4 Å². The second kappa shape index (κ2) is 6.64. The van der Waals surface area contributed by atoms with Gasteiger partial charge in [-0.1, -0.05) is 25.0 Å². The molecule has 2 aliphatic rings. The van der Waals surface area contributed by atoms with Crippen LogP contribution in [0.4, 0.5) is 8.78 Å². The molecule has 4 nitrogen and oxygen atoms in total. The van der Waals surface area contributed by atoms with E-state index in [-0.39, 0.29) is 36.4 Å². The van der Waals surface area contributed by atoms with Gasteiger partial charge in [0, 0.05) is 31.1 Å². The van der Waals surface area contributed by atoms with Crippen LogP contribution in [0.5, 0.6) is 0 Å². The third-order valence-corrected chi connectivity index (χ3v) is 4.78. The molecule has 1 aliphatic heterocycles. The van der Waals surface area contributed by atoms with E-state index in [1.54, 1.807) is 0 Å². The summed E-state index contributed by atoms with van der Waals surface area (Å²) in [5.41, 5.74) is 0.107. The third kappa shape index (κ3) is 3.35. The third-order valence-electron chi connectivity index (χ3n) is 4.78. The lowest BCUT2D eigenvalue weighted by atomic mass is 10.1. The summed E-state index contributed by atoms with van der Waals surface area (Å²) in [6, 6.07) is 4.14. The lowest BCUT2D eigenvalue weighted by molar-refractivity contribution is -0.130. The maximum Gasteiger partial charge on any atom is 0.225 e. The molecule has 0 radical (unpaired) electrons. The van der Waals surface area contributed by atoms with Crippen molar-refractivity contribution < 1.29 is 18.4 Å². The average Bonchev–Trinajstić information content (AvgIpc) is 3.17. The van der Waals surface area contributed by atoms with Gasteiger partial charge in [0.2, 0.25) is 11.8 Å². The molecule has 3 rings (SSSR count). The highest BCUT2D eigenvalue weighted by molar-refractivity contribution is 5.89. The van der Waals surface area contributed by atoms with E-state index < -0.39 is 17.6 Å². The zero-order valence-corrected chi connectivity index (χ0v) is 12.9. The predicted octanol–water partition coefficient (Wildman–Crippen LogP) is 2.37. The lowest BCUT2D eigenvalue weighted by Gasteiger charge is -2.23. The van der Waals surface area contributed by atoms with Crippen LogP contribution in [0.15, 0.2) is 18.2 Å². The molecule has 1 saturated heterocycles. The van der Waals surface area contributed by atoms with E-state index >= 15 is 0 Å². The van der Waals surface area contributed by atoms with Crippen molar-refractivity contribution in [1.29, 1.82) is 0 Å². The number of hydrogen-bond donors (Lipinski definition) is 1. The number of carbonyl (C=O) groups is 2. The first kappa shape index (κ1) is 15.9. The van der Waals surface area contributed by atoms with Crippen molar-refractivity contribution in [2.75, 3.05) is 6.54 Å². The molecule has 1 atom stereocenters. The second-order valence-electron chi connectivity index (χ2n) is 6.32. The van der Waals surface area contributed by atoms with Gasteiger partial charge in [0.15, 0.2) is 11.6 Å². The molecule has 1 heterocycles. The van der Waals surface area contributed by atoms with Gasteiger partial charge in [0.05, 0.1) is 5.92 Å². The first-order valence-electron chi connectivity index (χ1n) is 8.06. The van der Waals surface area contributed by atoms with Crippen LogP contribution in [0.2, 0.25) is 0 Å². The monoisotopic (exact) mass is 322 g/mol. The van der Waals surface area contributed by atoms with Crippen LogP contribution >= 0.6 is 0 Å². The highest BCUT2D eigenvalue weighted by Gasteiger charge is 2.38. The number of carbonyl (C=O) groups excluding carboxylic acids is 2. The smallest absolute Gasteiger partial charge is 0.225 e. The largest absolute Gasteiger partial charge is 0.352 e. The molecule has 1 saturated carbocycles. The Hall–Kier alpha value is -1.98. The quantitative estimate of drug-likeness (QED) is 0.925. The van der Waals surface area contributed by atoms with Gasteiger partial charge in [-0.2, -0.15) is 0 Å². The molecule has 1 unspecified atom stereocenters. The van der Waals surface area contributed by atoms with Gasteiger partial charge in [0.1, 0.15) is 0 Å². The summed E-state index contributed by atoms with van der Waals surface area (Å²) in [6.07, 6.45) is 4.48. The van der Waals surface area contributed by atoms with E-state index in [0.29, 0.717) is 6.54 Å². The van der Waals surface area contributed by atoms with Gasteiger partial charge in [-0.25, -0.2) is 8.78 Å². The minimum Gasteiger partial charge on any atom is -0.352 e. The first-order chi connectivity index (χ1) is 11.1. The van der Waals surface area contributed by atoms with Crippen molar-refractivity contribution in [3.63, 3.8) is 0 Å². The van der Waals surface area contributed by atoms with Crippen molar-refractivity contribution in [3.05, 3.63) is 35.4 Å². The molecular formula is C17H20F2N2O2. The Kier molecular flexibility index (Phi) is 4.59. The molecule has 1 N–H and O–H groups in total. The van der Waals surface area contributed by atoms with Crippen molar-refractivity contribution >= 4 is 11.8 Å². The van der Waals surface area contributed by atoms with E-state index in [1.165, 1.54) is 12.1 Å². The Labute approximate surface area is 133 Å². The topological polar surface area (TPSA) is 49.4 Å². The molecule has 2 fully saturated rings. The van der Waals surface area contributed by atoms with Crippen LogP contribution in [-0.4, -0.2) is 29.3 Å². The fourth-order valence-corrected chi connectivity index (χ4v) is 3.49. The zero-order valence-electron chi connectivity index (χ0n) is 12.9. The molecule has 1 aliphatic carbocycles. The highest BCUT2D eigenvalue weighted by atomic mass is 19.2. The SMILES string of the molecule is O=C(NCc1cccc(F)c1F)C1CC(=O)N(C2CCCC2)C1. The number of nitrogens with one attached hydrogen (secondary N) is 1. The Morgan fingerprint density at radius 2 is 2.00 bits per heavy atom. The van der Waals surface area contributed by atoms with Crippen LogP contribution < -0.4 is 5.32 Å². The fraction of sp³-hybridized carbons (Fsp3) is 0.529. The van der Waals surface area contributed by atoms with Crippen LogP contribution in [0.3, 0.4) is 0 Å². The number of halogens is 2. The Bertz CT molecular complexity index is 615. The fourth-order valence-electron chi connectivity index (χ4n) is 3.49. The predicted molar refractivity (Wildman–Crippen MR) is 80.3 cm³/mol. The summed E-state index contributed by atoms with van der Waals surface area (Å²) >= 11 is 0. The summed E-state index contributed by atoms with van der Waals surface area (Å²) in [4.78, 5) is 26.1. The van der Waals surface area contributed by atoms with Crippen LogP contribution in [0.25, 0.3) is 0 Å². The number of benzene rings is 1. The Morgan fingerprint density at radius 1 is 1.26 bits per heavy atom. The van der Waals surface area contributed by atoms with E-state index in [2.05, 4.69) is 5.32 Å². The second-order valence-corrected chi connectivity index (χ2v) is 6.32. The number of rotatable bonds is 4. The summed E-state index contributed by atoms with van der Waals surface area (Å²) in [5, 5.41) is 2.62. The van der Waals surface area contributed by atoms with Gasteiger partial charge in [0.25, 0.3) is 0 Å². The van der Waals surface area contributed by atoms with E-state index in [4.69, 9.17) is 0 Å². The zero-order chi connectivity index (χ0) is 16.4. The number of hydrogen-bond acceptors (Lipinski definition) is 2. The molecule has 2 amide bonds. The molecule has 1 aromatic rings. The van der Waals surface area contributed by atoms with Gasteiger partial charge < -0.3 is 10.2 Å². The van der Waals surface area contributed by atoms with Gasteiger partial charge >= 0.3 is 0 Å². The Balaban J connectivity index is 1.56. The number of amides is 2. The normalized spacial score (nSPS) is 21.9. The van der Waals surface area contributed by atoms with Gasteiger partial charge in [-0.15, -0.1) is 0 Å². The average molecular weight is 322 g/mol. The van der Waals surface area contributed by atoms with Crippen molar-refractivity contribution in [2.24, 2.45) is 5.92 Å². The van der Waals surface area contributed by atoms with Crippen LogP contribution in [0, 0.1) is 17.6 Å².